The molecule has 1 aromatic carbocycles. The zero-order valence-electron chi connectivity index (χ0n) is 12.1. The SMILES string of the molecule is CC(N)(CCc1ccc(O[Si](C)(C)C)cc1)C(=O)O. The molecule has 0 saturated heterocycles. The molecule has 5 heteroatoms. The van der Waals surface area contributed by atoms with Gasteiger partial charge in [-0.25, -0.2) is 0 Å². The minimum absolute atomic E-state index is 0.413. The number of carboxylic acid groups (broad SMARTS) is 1. The lowest BCUT2D eigenvalue weighted by atomic mass is 9.94. The van der Waals surface area contributed by atoms with E-state index in [1.54, 1.807) is 0 Å². The summed E-state index contributed by atoms with van der Waals surface area (Å²) in [5.74, 6) is -0.0946. The van der Waals surface area contributed by atoms with Crippen molar-refractivity contribution in [2.75, 3.05) is 0 Å². The second kappa shape index (κ2) is 5.75. The van der Waals surface area contributed by atoms with Crippen LogP contribution in [0.3, 0.4) is 0 Å². The summed E-state index contributed by atoms with van der Waals surface area (Å²) in [6, 6.07) is 7.80. The van der Waals surface area contributed by atoms with E-state index in [2.05, 4.69) is 19.6 Å². The summed E-state index contributed by atoms with van der Waals surface area (Å²) >= 11 is 0. The molecule has 0 aliphatic rings. The van der Waals surface area contributed by atoms with Gasteiger partial charge in [0.2, 0.25) is 8.32 Å². The van der Waals surface area contributed by atoms with Crippen molar-refractivity contribution in [2.45, 2.75) is 44.9 Å². The highest BCUT2D eigenvalue weighted by Gasteiger charge is 2.27. The first-order valence-electron chi connectivity index (χ1n) is 6.40. The molecule has 0 spiro atoms. The van der Waals surface area contributed by atoms with Crippen molar-refractivity contribution in [3.63, 3.8) is 0 Å². The van der Waals surface area contributed by atoms with Gasteiger partial charge >= 0.3 is 5.97 Å². The second-order valence-electron chi connectivity index (χ2n) is 6.08. The molecular weight excluding hydrogens is 258 g/mol. The average Bonchev–Trinajstić information content (AvgIpc) is 2.26. The van der Waals surface area contributed by atoms with Crippen LogP contribution in [0.5, 0.6) is 5.75 Å². The number of carboxylic acids is 1. The lowest BCUT2D eigenvalue weighted by molar-refractivity contribution is -0.142. The monoisotopic (exact) mass is 281 g/mol. The maximum Gasteiger partial charge on any atom is 0.323 e. The summed E-state index contributed by atoms with van der Waals surface area (Å²) < 4.78 is 5.86. The van der Waals surface area contributed by atoms with Gasteiger partial charge < -0.3 is 15.3 Å². The van der Waals surface area contributed by atoms with Crippen LogP contribution in [-0.2, 0) is 11.2 Å². The molecule has 1 rings (SSSR count). The number of hydrogen-bond donors (Lipinski definition) is 2. The summed E-state index contributed by atoms with van der Waals surface area (Å²) in [4.78, 5) is 10.9. The van der Waals surface area contributed by atoms with Gasteiger partial charge in [-0.1, -0.05) is 12.1 Å². The van der Waals surface area contributed by atoms with Gasteiger partial charge in [-0.15, -0.1) is 0 Å². The number of hydrogen-bond acceptors (Lipinski definition) is 3. The number of carbonyl (C=O) groups is 1. The first kappa shape index (κ1) is 15.7. The third-order valence-electron chi connectivity index (χ3n) is 2.77. The zero-order valence-corrected chi connectivity index (χ0v) is 13.1. The third kappa shape index (κ3) is 5.44. The van der Waals surface area contributed by atoms with Gasteiger partial charge in [-0.2, -0.15) is 0 Å². The van der Waals surface area contributed by atoms with Crippen molar-refractivity contribution in [3.05, 3.63) is 29.8 Å². The molecule has 0 fully saturated rings. The Morgan fingerprint density at radius 2 is 1.84 bits per heavy atom. The summed E-state index contributed by atoms with van der Waals surface area (Å²) in [5.41, 5.74) is 5.60. The largest absolute Gasteiger partial charge is 0.544 e. The summed E-state index contributed by atoms with van der Waals surface area (Å²) in [6.07, 6.45) is 1.06. The molecule has 0 amide bonds. The van der Waals surface area contributed by atoms with E-state index in [0.717, 1.165) is 11.3 Å². The van der Waals surface area contributed by atoms with Crippen LogP contribution in [-0.4, -0.2) is 24.9 Å². The van der Waals surface area contributed by atoms with Crippen molar-refractivity contribution in [1.82, 2.24) is 0 Å². The third-order valence-corrected chi connectivity index (χ3v) is 3.62. The molecule has 0 aliphatic carbocycles. The second-order valence-corrected chi connectivity index (χ2v) is 10.5. The van der Waals surface area contributed by atoms with Crippen LogP contribution < -0.4 is 10.2 Å². The van der Waals surface area contributed by atoms with Crippen molar-refractivity contribution < 1.29 is 14.3 Å². The van der Waals surface area contributed by atoms with Crippen molar-refractivity contribution in [3.8, 4) is 5.75 Å². The molecule has 0 saturated carbocycles. The van der Waals surface area contributed by atoms with E-state index in [1.807, 2.05) is 24.3 Å². The van der Waals surface area contributed by atoms with Gasteiger partial charge in [-0.3, -0.25) is 4.79 Å². The van der Waals surface area contributed by atoms with Crippen molar-refractivity contribution in [2.24, 2.45) is 5.73 Å². The van der Waals surface area contributed by atoms with E-state index in [1.165, 1.54) is 6.92 Å². The number of nitrogens with two attached hydrogens (primary N) is 1. The van der Waals surface area contributed by atoms with Crippen LogP contribution in [0, 0.1) is 0 Å². The Hall–Kier alpha value is -1.33. The first-order valence-corrected chi connectivity index (χ1v) is 9.81. The highest BCUT2D eigenvalue weighted by molar-refractivity contribution is 6.70. The van der Waals surface area contributed by atoms with Gasteiger partial charge in [0.05, 0.1) is 0 Å². The first-order chi connectivity index (χ1) is 8.60. The minimum Gasteiger partial charge on any atom is -0.544 e. The fourth-order valence-corrected chi connectivity index (χ4v) is 2.43. The molecule has 1 unspecified atom stereocenters. The Morgan fingerprint density at radius 1 is 1.32 bits per heavy atom. The van der Waals surface area contributed by atoms with Crippen molar-refractivity contribution >= 4 is 14.3 Å². The molecular formula is C14H23NO3Si. The molecule has 19 heavy (non-hydrogen) atoms. The average molecular weight is 281 g/mol. The molecule has 0 aliphatic heterocycles. The van der Waals surface area contributed by atoms with Gasteiger partial charge in [-0.05, 0) is 57.1 Å². The highest BCUT2D eigenvalue weighted by atomic mass is 28.4. The van der Waals surface area contributed by atoms with Crippen LogP contribution in [0.15, 0.2) is 24.3 Å². The van der Waals surface area contributed by atoms with Gasteiger partial charge in [0, 0.05) is 0 Å². The van der Waals surface area contributed by atoms with Crippen molar-refractivity contribution in [1.29, 1.82) is 0 Å². The highest BCUT2D eigenvalue weighted by Crippen LogP contribution is 2.19. The summed E-state index contributed by atoms with van der Waals surface area (Å²) in [6.45, 7) is 7.94. The van der Waals surface area contributed by atoms with E-state index in [-0.39, 0.29) is 0 Å². The molecule has 3 N–H and O–H groups in total. The molecule has 0 aromatic heterocycles. The number of benzene rings is 1. The quantitative estimate of drug-likeness (QED) is 0.786. The summed E-state index contributed by atoms with van der Waals surface area (Å²) in [5, 5.41) is 8.95. The van der Waals surface area contributed by atoms with Gasteiger partial charge in [0.1, 0.15) is 11.3 Å². The summed E-state index contributed by atoms with van der Waals surface area (Å²) in [7, 11) is -1.58. The maximum absolute atomic E-state index is 10.9. The van der Waals surface area contributed by atoms with Gasteiger partial charge in [0.15, 0.2) is 0 Å². The van der Waals surface area contributed by atoms with Crippen LogP contribution in [0.1, 0.15) is 18.9 Å². The Morgan fingerprint density at radius 3 is 2.26 bits per heavy atom. The van der Waals surface area contributed by atoms with E-state index >= 15 is 0 Å². The fourth-order valence-electron chi connectivity index (χ4n) is 1.59. The molecule has 1 atom stereocenters. The maximum atomic E-state index is 10.9. The number of aliphatic carboxylic acids is 1. The van der Waals surface area contributed by atoms with E-state index in [9.17, 15) is 4.79 Å². The Balaban J connectivity index is 2.61. The molecule has 4 nitrogen and oxygen atoms in total. The standard InChI is InChI=1S/C14H23NO3Si/c1-14(15,13(16)17)10-9-11-5-7-12(8-6-11)18-19(2,3)4/h5-8H,9-10,15H2,1-4H3,(H,16,17). The molecule has 106 valence electrons. The van der Waals surface area contributed by atoms with E-state index in [0.29, 0.717) is 12.8 Å². The minimum atomic E-state index is -1.58. The van der Waals surface area contributed by atoms with Crippen LogP contribution in [0.4, 0.5) is 0 Å². The molecule has 0 radical (unpaired) electrons. The number of rotatable bonds is 6. The Labute approximate surface area is 115 Å². The predicted molar refractivity (Wildman–Crippen MR) is 79.0 cm³/mol. The Bertz CT molecular complexity index is 435. The normalized spacial score (nSPS) is 14.8. The fraction of sp³-hybridized carbons (Fsp3) is 0.500. The lowest BCUT2D eigenvalue weighted by Crippen LogP contribution is -2.45. The zero-order chi connectivity index (χ0) is 14.7. The molecule has 0 bridgehead atoms. The van der Waals surface area contributed by atoms with Crippen LogP contribution in [0.25, 0.3) is 0 Å². The van der Waals surface area contributed by atoms with E-state index < -0.39 is 19.8 Å². The lowest BCUT2D eigenvalue weighted by Gasteiger charge is -2.20. The predicted octanol–water partition coefficient (Wildman–Crippen LogP) is 2.63. The van der Waals surface area contributed by atoms with Crippen LogP contribution >= 0.6 is 0 Å². The van der Waals surface area contributed by atoms with E-state index in [4.69, 9.17) is 15.3 Å². The Kier molecular flexibility index (Phi) is 4.76. The molecule has 0 heterocycles. The number of aryl methyl sites for hydroxylation is 1. The molecule has 1 aromatic rings. The van der Waals surface area contributed by atoms with Crippen LogP contribution in [0.2, 0.25) is 19.6 Å². The smallest absolute Gasteiger partial charge is 0.323 e. The topological polar surface area (TPSA) is 72.5 Å². The van der Waals surface area contributed by atoms with Gasteiger partial charge in [0.25, 0.3) is 0 Å².